The summed E-state index contributed by atoms with van der Waals surface area (Å²) in [4.78, 5) is 11.2. The smallest absolute Gasteiger partial charge is 0.333 e. The molecule has 1 aliphatic rings. The predicted molar refractivity (Wildman–Crippen MR) is 51.1 cm³/mol. The number of carbonyl (C=O) groups excluding carboxylic acids is 1. The van der Waals surface area contributed by atoms with E-state index < -0.39 is 5.54 Å². The van der Waals surface area contributed by atoms with Gasteiger partial charge in [-0.15, -0.1) is 0 Å². The Morgan fingerprint density at radius 1 is 1.69 bits per heavy atom. The van der Waals surface area contributed by atoms with E-state index in [-0.39, 0.29) is 5.97 Å². The van der Waals surface area contributed by atoms with Crippen LogP contribution in [0.4, 0.5) is 0 Å². The predicted octanol–water partition coefficient (Wildman–Crippen LogP) is 1.15. The SMILES string of the molecule is COC(=O)C1=CC(C)=CC(C)(N)C1. The van der Waals surface area contributed by atoms with Crippen molar-refractivity contribution in [1.82, 2.24) is 0 Å². The highest BCUT2D eigenvalue weighted by Crippen LogP contribution is 2.24. The fourth-order valence-electron chi connectivity index (χ4n) is 1.61. The van der Waals surface area contributed by atoms with Crippen LogP contribution < -0.4 is 5.73 Å². The summed E-state index contributed by atoms with van der Waals surface area (Å²) >= 11 is 0. The molecule has 0 heterocycles. The summed E-state index contributed by atoms with van der Waals surface area (Å²) in [6, 6.07) is 0. The molecule has 1 rings (SSSR count). The van der Waals surface area contributed by atoms with E-state index in [9.17, 15) is 4.79 Å². The van der Waals surface area contributed by atoms with Gasteiger partial charge in [0, 0.05) is 17.5 Å². The minimum atomic E-state index is -0.428. The summed E-state index contributed by atoms with van der Waals surface area (Å²) in [5, 5.41) is 0. The molecular weight excluding hydrogens is 166 g/mol. The van der Waals surface area contributed by atoms with Gasteiger partial charge in [-0.25, -0.2) is 4.79 Å². The van der Waals surface area contributed by atoms with Gasteiger partial charge in [0.25, 0.3) is 0 Å². The minimum absolute atomic E-state index is 0.288. The summed E-state index contributed by atoms with van der Waals surface area (Å²) in [5.41, 5.74) is 7.15. The van der Waals surface area contributed by atoms with Crippen LogP contribution in [0.15, 0.2) is 23.3 Å². The standard InChI is InChI=1S/C10H15NO2/c1-7-4-8(9(12)13-3)6-10(2,11)5-7/h4-5H,6,11H2,1-3H3. The van der Waals surface area contributed by atoms with E-state index in [0.717, 1.165) is 5.57 Å². The number of allylic oxidation sites excluding steroid dienone is 2. The van der Waals surface area contributed by atoms with Gasteiger partial charge in [-0.3, -0.25) is 0 Å². The van der Waals surface area contributed by atoms with Crippen LogP contribution in [-0.4, -0.2) is 18.6 Å². The van der Waals surface area contributed by atoms with Gasteiger partial charge in [-0.2, -0.15) is 0 Å². The molecule has 0 aromatic carbocycles. The molecule has 3 heteroatoms. The highest BCUT2D eigenvalue weighted by atomic mass is 16.5. The largest absolute Gasteiger partial charge is 0.466 e. The van der Waals surface area contributed by atoms with Crippen molar-refractivity contribution in [3.63, 3.8) is 0 Å². The Labute approximate surface area is 78.3 Å². The average molecular weight is 181 g/mol. The van der Waals surface area contributed by atoms with Crippen LogP contribution in [0, 0.1) is 0 Å². The van der Waals surface area contributed by atoms with Crippen LogP contribution in [0.25, 0.3) is 0 Å². The minimum Gasteiger partial charge on any atom is -0.466 e. The molecule has 1 aliphatic carbocycles. The molecule has 0 aromatic rings. The zero-order valence-corrected chi connectivity index (χ0v) is 8.26. The van der Waals surface area contributed by atoms with Crippen LogP contribution in [0.3, 0.4) is 0 Å². The maximum Gasteiger partial charge on any atom is 0.333 e. The zero-order valence-electron chi connectivity index (χ0n) is 8.26. The van der Waals surface area contributed by atoms with Crippen molar-refractivity contribution in [2.75, 3.05) is 7.11 Å². The molecule has 0 saturated heterocycles. The molecule has 0 spiro atoms. The Hall–Kier alpha value is -1.09. The molecule has 0 bridgehead atoms. The number of hydrogen-bond donors (Lipinski definition) is 1. The molecule has 1 unspecified atom stereocenters. The molecule has 2 N–H and O–H groups in total. The third kappa shape index (κ3) is 2.42. The van der Waals surface area contributed by atoms with Gasteiger partial charge < -0.3 is 10.5 Å². The molecule has 0 aromatic heterocycles. The first-order valence-electron chi connectivity index (χ1n) is 4.22. The molecule has 13 heavy (non-hydrogen) atoms. The van der Waals surface area contributed by atoms with Crippen LogP contribution >= 0.6 is 0 Å². The Morgan fingerprint density at radius 3 is 2.77 bits per heavy atom. The fraction of sp³-hybridized carbons (Fsp3) is 0.500. The number of methoxy groups -OCH3 is 1. The number of rotatable bonds is 1. The molecule has 72 valence electrons. The van der Waals surface area contributed by atoms with E-state index in [2.05, 4.69) is 4.74 Å². The van der Waals surface area contributed by atoms with Crippen molar-refractivity contribution in [2.24, 2.45) is 5.73 Å². The van der Waals surface area contributed by atoms with Crippen LogP contribution in [0.1, 0.15) is 20.3 Å². The van der Waals surface area contributed by atoms with Crippen molar-refractivity contribution in [3.8, 4) is 0 Å². The summed E-state index contributed by atoms with van der Waals surface area (Å²) in [6.45, 7) is 3.82. The molecular formula is C10H15NO2. The lowest BCUT2D eigenvalue weighted by atomic mass is 9.86. The van der Waals surface area contributed by atoms with E-state index in [1.807, 2.05) is 26.0 Å². The third-order valence-electron chi connectivity index (χ3n) is 1.98. The first-order chi connectivity index (χ1) is 5.94. The second-order valence-corrected chi connectivity index (χ2v) is 3.73. The second-order valence-electron chi connectivity index (χ2n) is 3.73. The number of esters is 1. The molecule has 0 aliphatic heterocycles. The zero-order chi connectivity index (χ0) is 10.1. The summed E-state index contributed by atoms with van der Waals surface area (Å²) in [7, 11) is 1.38. The average Bonchev–Trinajstić information content (AvgIpc) is 1.99. The molecule has 0 fully saturated rings. The summed E-state index contributed by atoms with van der Waals surface area (Å²) in [5.74, 6) is -0.288. The highest BCUT2D eigenvalue weighted by molar-refractivity contribution is 5.89. The quantitative estimate of drug-likeness (QED) is 0.617. The Kier molecular flexibility index (Phi) is 2.57. The van der Waals surface area contributed by atoms with E-state index in [1.54, 1.807) is 0 Å². The number of carbonyl (C=O) groups is 1. The van der Waals surface area contributed by atoms with E-state index in [0.29, 0.717) is 12.0 Å². The van der Waals surface area contributed by atoms with E-state index in [4.69, 9.17) is 5.73 Å². The fourth-order valence-corrected chi connectivity index (χ4v) is 1.61. The maximum atomic E-state index is 11.2. The molecule has 0 amide bonds. The van der Waals surface area contributed by atoms with Crippen molar-refractivity contribution in [1.29, 1.82) is 0 Å². The topological polar surface area (TPSA) is 52.3 Å². The van der Waals surface area contributed by atoms with Gasteiger partial charge in [0.2, 0.25) is 0 Å². The number of nitrogens with two attached hydrogens (primary N) is 1. The highest BCUT2D eigenvalue weighted by Gasteiger charge is 2.25. The first kappa shape index (κ1) is 9.99. The molecule has 0 saturated carbocycles. The molecule has 0 radical (unpaired) electrons. The van der Waals surface area contributed by atoms with Gasteiger partial charge >= 0.3 is 5.97 Å². The van der Waals surface area contributed by atoms with Gasteiger partial charge in [-0.05, 0) is 19.9 Å². The van der Waals surface area contributed by atoms with E-state index in [1.165, 1.54) is 7.11 Å². The maximum absolute atomic E-state index is 11.2. The van der Waals surface area contributed by atoms with Gasteiger partial charge in [-0.1, -0.05) is 11.6 Å². The van der Waals surface area contributed by atoms with Crippen molar-refractivity contribution in [2.45, 2.75) is 25.8 Å². The Balaban J connectivity index is 2.91. The van der Waals surface area contributed by atoms with Crippen molar-refractivity contribution >= 4 is 5.97 Å². The second kappa shape index (κ2) is 3.34. The lowest BCUT2D eigenvalue weighted by Crippen LogP contribution is -2.37. The third-order valence-corrected chi connectivity index (χ3v) is 1.98. The lowest BCUT2D eigenvalue weighted by molar-refractivity contribution is -0.136. The number of ether oxygens (including phenoxy) is 1. The van der Waals surface area contributed by atoms with Crippen molar-refractivity contribution in [3.05, 3.63) is 23.3 Å². The normalized spacial score (nSPS) is 27.7. The molecule has 3 nitrogen and oxygen atoms in total. The van der Waals surface area contributed by atoms with Gasteiger partial charge in [0.15, 0.2) is 0 Å². The van der Waals surface area contributed by atoms with Crippen molar-refractivity contribution < 1.29 is 9.53 Å². The van der Waals surface area contributed by atoms with Crippen LogP contribution in [0.5, 0.6) is 0 Å². The van der Waals surface area contributed by atoms with Gasteiger partial charge in [0.1, 0.15) is 0 Å². The Morgan fingerprint density at radius 2 is 2.31 bits per heavy atom. The monoisotopic (exact) mass is 181 g/mol. The summed E-state index contributed by atoms with van der Waals surface area (Å²) in [6.07, 6.45) is 4.32. The van der Waals surface area contributed by atoms with Gasteiger partial charge in [0.05, 0.1) is 7.11 Å². The van der Waals surface area contributed by atoms with E-state index >= 15 is 0 Å². The van der Waals surface area contributed by atoms with Crippen LogP contribution in [-0.2, 0) is 9.53 Å². The number of hydrogen-bond acceptors (Lipinski definition) is 3. The molecule has 1 atom stereocenters. The first-order valence-corrected chi connectivity index (χ1v) is 4.22. The van der Waals surface area contributed by atoms with Crippen LogP contribution in [0.2, 0.25) is 0 Å². The lowest BCUT2D eigenvalue weighted by Gasteiger charge is -2.25. The Bertz CT molecular complexity index is 287. The summed E-state index contributed by atoms with van der Waals surface area (Å²) < 4.78 is 4.64.